The number of carbonyl (C=O) groups excluding carboxylic acids is 1. The molecular weight excluding hydrogens is 242 g/mol. The lowest BCUT2D eigenvalue weighted by Gasteiger charge is -2.09. The second-order valence-electron chi connectivity index (χ2n) is 4.05. The van der Waals surface area contributed by atoms with Crippen molar-refractivity contribution in [3.8, 4) is 11.5 Å². The number of carbonyl (C=O) groups is 1. The second kappa shape index (κ2) is 5.91. The van der Waals surface area contributed by atoms with Crippen molar-refractivity contribution in [2.45, 2.75) is 6.54 Å². The number of para-hydroxylation sites is 1. The van der Waals surface area contributed by atoms with Crippen molar-refractivity contribution in [2.75, 3.05) is 7.11 Å². The van der Waals surface area contributed by atoms with Crippen LogP contribution in [-0.4, -0.2) is 18.1 Å². The maximum absolute atomic E-state index is 12.0. The van der Waals surface area contributed by atoms with E-state index in [1.54, 1.807) is 42.5 Å². The Morgan fingerprint density at radius 2 is 1.84 bits per heavy atom. The van der Waals surface area contributed by atoms with Gasteiger partial charge in [-0.05, 0) is 29.8 Å². The highest BCUT2D eigenvalue weighted by Gasteiger charge is 2.10. The van der Waals surface area contributed by atoms with Gasteiger partial charge in [0.15, 0.2) is 0 Å². The third kappa shape index (κ3) is 3.25. The number of rotatable bonds is 4. The molecule has 0 aliphatic carbocycles. The van der Waals surface area contributed by atoms with E-state index in [0.29, 0.717) is 17.9 Å². The van der Waals surface area contributed by atoms with E-state index in [4.69, 9.17) is 4.74 Å². The van der Waals surface area contributed by atoms with Crippen LogP contribution in [0.5, 0.6) is 11.5 Å². The van der Waals surface area contributed by atoms with Crippen LogP contribution < -0.4 is 10.1 Å². The van der Waals surface area contributed by atoms with Crippen LogP contribution in [0.4, 0.5) is 0 Å². The SMILES string of the molecule is COc1ccccc1C(=O)NCc1ccc(O)cc1. The minimum atomic E-state index is -0.189. The normalized spacial score (nSPS) is 9.95. The largest absolute Gasteiger partial charge is 0.508 e. The van der Waals surface area contributed by atoms with Crippen molar-refractivity contribution in [3.63, 3.8) is 0 Å². The smallest absolute Gasteiger partial charge is 0.255 e. The zero-order valence-corrected chi connectivity index (χ0v) is 10.6. The van der Waals surface area contributed by atoms with Crippen LogP contribution in [0, 0.1) is 0 Å². The van der Waals surface area contributed by atoms with Crippen LogP contribution in [0.25, 0.3) is 0 Å². The van der Waals surface area contributed by atoms with E-state index in [2.05, 4.69) is 5.32 Å². The molecule has 0 radical (unpaired) electrons. The molecular formula is C15H15NO3. The Balaban J connectivity index is 2.03. The second-order valence-corrected chi connectivity index (χ2v) is 4.05. The highest BCUT2D eigenvalue weighted by atomic mass is 16.5. The summed E-state index contributed by atoms with van der Waals surface area (Å²) in [6, 6.07) is 13.8. The predicted octanol–water partition coefficient (Wildman–Crippen LogP) is 2.33. The molecule has 2 aromatic rings. The number of phenols is 1. The first kappa shape index (κ1) is 13.0. The molecule has 4 nitrogen and oxygen atoms in total. The zero-order chi connectivity index (χ0) is 13.7. The van der Waals surface area contributed by atoms with Crippen LogP contribution in [0.1, 0.15) is 15.9 Å². The van der Waals surface area contributed by atoms with Crippen LogP contribution in [0.3, 0.4) is 0 Å². The van der Waals surface area contributed by atoms with Crippen molar-refractivity contribution in [1.82, 2.24) is 5.32 Å². The third-order valence-electron chi connectivity index (χ3n) is 2.74. The van der Waals surface area contributed by atoms with Crippen LogP contribution in [0.15, 0.2) is 48.5 Å². The molecule has 0 saturated carbocycles. The molecule has 2 N–H and O–H groups in total. The van der Waals surface area contributed by atoms with Gasteiger partial charge in [0, 0.05) is 6.54 Å². The molecule has 0 aromatic heterocycles. The molecule has 0 fully saturated rings. The molecule has 2 rings (SSSR count). The Kier molecular flexibility index (Phi) is 4.03. The van der Waals surface area contributed by atoms with Crippen molar-refractivity contribution in [1.29, 1.82) is 0 Å². The maximum Gasteiger partial charge on any atom is 0.255 e. The summed E-state index contributed by atoms with van der Waals surface area (Å²) in [6.45, 7) is 0.400. The summed E-state index contributed by atoms with van der Waals surface area (Å²) in [6.07, 6.45) is 0. The fraction of sp³-hybridized carbons (Fsp3) is 0.133. The van der Waals surface area contributed by atoms with Gasteiger partial charge in [0.2, 0.25) is 0 Å². The highest BCUT2D eigenvalue weighted by molar-refractivity contribution is 5.96. The lowest BCUT2D eigenvalue weighted by Crippen LogP contribution is -2.23. The van der Waals surface area contributed by atoms with E-state index in [-0.39, 0.29) is 11.7 Å². The van der Waals surface area contributed by atoms with E-state index in [0.717, 1.165) is 5.56 Å². The van der Waals surface area contributed by atoms with Gasteiger partial charge >= 0.3 is 0 Å². The van der Waals surface area contributed by atoms with Crippen molar-refractivity contribution >= 4 is 5.91 Å². The molecule has 0 atom stereocenters. The number of ether oxygens (including phenoxy) is 1. The summed E-state index contributed by atoms with van der Waals surface area (Å²) in [5, 5.41) is 12.0. The first-order valence-electron chi connectivity index (χ1n) is 5.90. The number of nitrogens with one attached hydrogen (secondary N) is 1. The molecule has 1 amide bonds. The first-order chi connectivity index (χ1) is 9.20. The predicted molar refractivity (Wildman–Crippen MR) is 72.3 cm³/mol. The van der Waals surface area contributed by atoms with Gasteiger partial charge in [-0.2, -0.15) is 0 Å². The number of methoxy groups -OCH3 is 1. The molecule has 0 aliphatic rings. The summed E-state index contributed by atoms with van der Waals surface area (Å²) < 4.78 is 5.14. The fourth-order valence-electron chi connectivity index (χ4n) is 1.72. The quantitative estimate of drug-likeness (QED) is 0.883. The van der Waals surface area contributed by atoms with Gasteiger partial charge in [0.25, 0.3) is 5.91 Å². The van der Waals surface area contributed by atoms with Gasteiger partial charge in [-0.15, -0.1) is 0 Å². The Morgan fingerprint density at radius 3 is 2.53 bits per heavy atom. The van der Waals surface area contributed by atoms with E-state index in [9.17, 15) is 9.90 Å². The van der Waals surface area contributed by atoms with Gasteiger partial charge in [-0.3, -0.25) is 4.79 Å². The lowest BCUT2D eigenvalue weighted by molar-refractivity contribution is 0.0948. The highest BCUT2D eigenvalue weighted by Crippen LogP contribution is 2.17. The minimum absolute atomic E-state index is 0.189. The first-order valence-corrected chi connectivity index (χ1v) is 5.90. The molecule has 0 spiro atoms. The average molecular weight is 257 g/mol. The minimum Gasteiger partial charge on any atom is -0.508 e. The van der Waals surface area contributed by atoms with E-state index in [1.165, 1.54) is 7.11 Å². The Labute approximate surface area is 111 Å². The van der Waals surface area contributed by atoms with Crippen LogP contribution >= 0.6 is 0 Å². The monoisotopic (exact) mass is 257 g/mol. The summed E-state index contributed by atoms with van der Waals surface area (Å²) in [5.74, 6) is 0.566. The maximum atomic E-state index is 12.0. The molecule has 0 aliphatic heterocycles. The summed E-state index contributed by atoms with van der Waals surface area (Å²) >= 11 is 0. The summed E-state index contributed by atoms with van der Waals surface area (Å²) in [5.41, 5.74) is 1.42. The Hall–Kier alpha value is -2.49. The Morgan fingerprint density at radius 1 is 1.16 bits per heavy atom. The van der Waals surface area contributed by atoms with Crippen LogP contribution in [-0.2, 0) is 6.54 Å². The molecule has 0 unspecified atom stereocenters. The number of amides is 1. The van der Waals surface area contributed by atoms with Crippen molar-refractivity contribution in [2.24, 2.45) is 0 Å². The molecule has 0 saturated heterocycles. The number of aromatic hydroxyl groups is 1. The molecule has 4 heteroatoms. The van der Waals surface area contributed by atoms with Crippen molar-refractivity contribution < 1.29 is 14.6 Å². The number of hydrogen-bond acceptors (Lipinski definition) is 3. The molecule has 0 heterocycles. The number of phenolic OH excluding ortho intramolecular Hbond substituents is 1. The average Bonchev–Trinajstić information content (AvgIpc) is 2.46. The summed E-state index contributed by atoms with van der Waals surface area (Å²) in [7, 11) is 1.53. The van der Waals surface area contributed by atoms with Crippen LogP contribution in [0.2, 0.25) is 0 Å². The molecule has 98 valence electrons. The van der Waals surface area contributed by atoms with Gasteiger partial charge < -0.3 is 15.2 Å². The van der Waals surface area contributed by atoms with Gasteiger partial charge in [-0.1, -0.05) is 24.3 Å². The third-order valence-corrected chi connectivity index (χ3v) is 2.74. The standard InChI is InChI=1S/C15H15NO3/c1-19-14-5-3-2-4-13(14)15(18)16-10-11-6-8-12(17)9-7-11/h2-9,17H,10H2,1H3,(H,16,18). The lowest BCUT2D eigenvalue weighted by atomic mass is 10.1. The van der Waals surface area contributed by atoms with E-state index >= 15 is 0 Å². The van der Waals surface area contributed by atoms with E-state index in [1.807, 2.05) is 6.07 Å². The Bertz CT molecular complexity index is 564. The van der Waals surface area contributed by atoms with E-state index < -0.39 is 0 Å². The molecule has 2 aromatic carbocycles. The van der Waals surface area contributed by atoms with Crippen molar-refractivity contribution in [3.05, 3.63) is 59.7 Å². The van der Waals surface area contributed by atoms with Gasteiger partial charge in [0.1, 0.15) is 11.5 Å². The number of benzene rings is 2. The molecule has 0 bridgehead atoms. The molecule has 19 heavy (non-hydrogen) atoms. The van der Waals surface area contributed by atoms with Gasteiger partial charge in [0.05, 0.1) is 12.7 Å². The topological polar surface area (TPSA) is 58.6 Å². The van der Waals surface area contributed by atoms with Gasteiger partial charge in [-0.25, -0.2) is 0 Å². The number of hydrogen-bond donors (Lipinski definition) is 2. The fourth-order valence-corrected chi connectivity index (χ4v) is 1.72. The summed E-state index contributed by atoms with van der Waals surface area (Å²) in [4.78, 5) is 12.0. The zero-order valence-electron chi connectivity index (χ0n) is 10.6.